The summed E-state index contributed by atoms with van der Waals surface area (Å²) in [7, 11) is 9.34. The molecule has 0 aromatic rings. The smallest absolute Gasteiger partial charge is 0 e. The first-order valence-corrected chi connectivity index (χ1v) is 8.55. The fraction of sp³-hybridized carbons (Fsp3) is 0.800. The third-order valence-electron chi connectivity index (χ3n) is 2.07. The maximum Gasteiger partial charge on any atom is 0 e. The van der Waals surface area contributed by atoms with E-state index >= 15 is 0 Å². The van der Waals surface area contributed by atoms with E-state index in [2.05, 4.69) is 20.2 Å². The van der Waals surface area contributed by atoms with E-state index in [-0.39, 0.29) is 17.1 Å². The van der Waals surface area contributed by atoms with Crippen molar-refractivity contribution in [2.75, 3.05) is 13.1 Å². The van der Waals surface area contributed by atoms with Gasteiger partial charge in [-0.15, -0.1) is 0 Å². The van der Waals surface area contributed by atoms with Crippen molar-refractivity contribution < 1.29 is 50.0 Å². The van der Waals surface area contributed by atoms with E-state index in [0.717, 1.165) is 13.1 Å². The summed E-state index contributed by atoms with van der Waals surface area (Å²) in [5.41, 5.74) is 20.6. The molecule has 0 spiro atoms. The molecule has 0 aliphatic carbocycles. The normalized spacial score (nSPS) is 11.7. The Balaban J connectivity index is -0.000000120. The fourth-order valence-electron chi connectivity index (χ4n) is 0.922. The van der Waals surface area contributed by atoms with Crippen LogP contribution in [0.15, 0.2) is 0 Å². The fourth-order valence-corrected chi connectivity index (χ4v) is 0.922. The molecular weight excluding hydrogens is 438 g/mol. The van der Waals surface area contributed by atoms with Crippen molar-refractivity contribution in [3.05, 3.63) is 0 Å². The number of hydrogen-bond acceptors (Lipinski definition) is 6. The Labute approximate surface area is 155 Å². The summed E-state index contributed by atoms with van der Waals surface area (Å²) in [6.45, 7) is 1.00. The first-order chi connectivity index (χ1) is 9.78. The van der Waals surface area contributed by atoms with Crippen molar-refractivity contribution >= 4 is 32.1 Å². The van der Waals surface area contributed by atoms with Gasteiger partial charge in [-0.25, -0.2) is 0 Å². The molecule has 12 heteroatoms. The third kappa shape index (κ3) is 28.5. The van der Waals surface area contributed by atoms with Crippen LogP contribution < -0.4 is 22.9 Å². The number of carboxylic acid groups (broad SMARTS) is 2. The van der Waals surface area contributed by atoms with E-state index in [0.29, 0.717) is 38.8 Å². The van der Waals surface area contributed by atoms with Crippen molar-refractivity contribution in [1.82, 2.24) is 0 Å². The molecule has 0 aliphatic rings. The Morgan fingerprint density at radius 3 is 1.27 bits per heavy atom. The average Bonchev–Trinajstić information content (AvgIpc) is 2.43. The number of aliphatic carboxylic acids is 2. The predicted molar refractivity (Wildman–Crippen MR) is 79.5 cm³/mol. The van der Waals surface area contributed by atoms with Gasteiger partial charge in [-0.1, -0.05) is 0 Å². The molecule has 0 saturated carbocycles. The Kier molecular flexibility index (Phi) is 32.6. The number of nitrogens with two attached hydrogens (primary N) is 4. The zero-order valence-electron chi connectivity index (χ0n) is 11.8. The molecule has 0 rings (SSSR count). The zero-order valence-corrected chi connectivity index (χ0v) is 15.2. The van der Waals surface area contributed by atoms with Gasteiger partial charge < -0.3 is 33.1 Å². The van der Waals surface area contributed by atoms with Gasteiger partial charge >= 0.3 is 45.3 Å². The van der Waals surface area contributed by atoms with Gasteiger partial charge in [0.25, 0.3) is 0 Å². The molecule has 0 saturated heterocycles. The van der Waals surface area contributed by atoms with Crippen LogP contribution in [0.4, 0.5) is 0 Å². The maximum absolute atomic E-state index is 10.0. The summed E-state index contributed by atoms with van der Waals surface area (Å²) in [4.78, 5) is 20.1. The monoisotopic (exact) mass is 460 g/mol. The largest absolute Gasteiger partial charge is 0 e. The first-order valence-electron chi connectivity index (χ1n) is 5.96. The molecule has 0 aliphatic heterocycles. The molecule has 144 valence electrons. The molecule has 0 aromatic carbocycles. The summed E-state index contributed by atoms with van der Waals surface area (Å²) >= 11 is 0.757. The van der Waals surface area contributed by atoms with Gasteiger partial charge in [-0.05, 0) is 38.8 Å². The first kappa shape index (κ1) is 30.3. The Bertz CT molecular complexity index is 245. The average molecular weight is 462 g/mol. The van der Waals surface area contributed by atoms with Crippen LogP contribution >= 0.6 is 20.2 Å². The molecular formula is C10H24Cl2Cu2N4O4. The van der Waals surface area contributed by atoms with Crippen LogP contribution in [0.5, 0.6) is 0 Å². The minimum Gasteiger partial charge on any atom is 0 e. The molecule has 0 fully saturated rings. The van der Waals surface area contributed by atoms with E-state index in [9.17, 15) is 9.59 Å². The summed E-state index contributed by atoms with van der Waals surface area (Å²) < 4.78 is 0. The number of rotatable bonds is 8. The molecule has 22 heavy (non-hydrogen) atoms. The number of carboxylic acids is 2. The Morgan fingerprint density at radius 2 is 1.14 bits per heavy atom. The van der Waals surface area contributed by atoms with Crippen molar-refractivity contribution in [1.29, 1.82) is 0 Å². The summed E-state index contributed by atoms with van der Waals surface area (Å²) in [6.07, 6.45) is 2.28. The van der Waals surface area contributed by atoms with Crippen LogP contribution in [0.3, 0.4) is 0 Å². The molecule has 8 nitrogen and oxygen atoms in total. The Morgan fingerprint density at radius 1 is 0.909 bits per heavy atom. The zero-order chi connectivity index (χ0) is 17.3. The molecule has 10 N–H and O–H groups in total. The van der Waals surface area contributed by atoms with Crippen LogP contribution in [0, 0.1) is 0 Å². The topological polar surface area (TPSA) is 179 Å². The van der Waals surface area contributed by atoms with Gasteiger partial charge in [-0.3, -0.25) is 9.59 Å². The second-order valence-corrected chi connectivity index (χ2v) is 5.35. The number of carbonyl (C=O) groups is 2. The van der Waals surface area contributed by atoms with Crippen LogP contribution in [-0.2, 0) is 39.8 Å². The summed E-state index contributed by atoms with van der Waals surface area (Å²) in [5, 5.41) is 16.5. The minimum atomic E-state index is -0.955. The third-order valence-corrected chi connectivity index (χ3v) is 2.07. The van der Waals surface area contributed by atoms with E-state index in [1.807, 2.05) is 0 Å². The quantitative estimate of drug-likeness (QED) is 0.265. The molecule has 2 atom stereocenters. The number of halogens is 2. The Hall–Kier alpha value is 0.399. The molecule has 0 unspecified atom stereocenters. The van der Waals surface area contributed by atoms with Crippen molar-refractivity contribution in [3.63, 3.8) is 0 Å². The summed E-state index contributed by atoms with van der Waals surface area (Å²) in [6, 6.07) is -1.48. The van der Waals surface area contributed by atoms with Gasteiger partial charge in [0.1, 0.15) is 12.1 Å². The summed E-state index contributed by atoms with van der Waals surface area (Å²) in [5.74, 6) is -1.91. The van der Waals surface area contributed by atoms with Gasteiger partial charge in [0.15, 0.2) is 0 Å². The maximum atomic E-state index is 10.0. The van der Waals surface area contributed by atoms with Crippen LogP contribution in [0.25, 0.3) is 0 Å². The van der Waals surface area contributed by atoms with E-state index < -0.39 is 24.0 Å². The van der Waals surface area contributed by atoms with Crippen LogP contribution in [0.1, 0.15) is 25.7 Å². The van der Waals surface area contributed by atoms with Gasteiger partial charge in [0, 0.05) is 17.1 Å². The second kappa shape index (κ2) is 23.7. The van der Waals surface area contributed by atoms with Crippen molar-refractivity contribution in [2.24, 2.45) is 22.9 Å². The van der Waals surface area contributed by atoms with Crippen LogP contribution in [-0.4, -0.2) is 47.3 Å². The van der Waals surface area contributed by atoms with Gasteiger partial charge in [0.2, 0.25) is 0 Å². The molecule has 0 amide bonds. The van der Waals surface area contributed by atoms with Crippen LogP contribution in [0.2, 0.25) is 0 Å². The van der Waals surface area contributed by atoms with E-state index in [4.69, 9.17) is 33.1 Å². The second-order valence-electron chi connectivity index (χ2n) is 3.79. The molecule has 0 aromatic heterocycles. The van der Waals surface area contributed by atoms with Gasteiger partial charge in [-0.2, -0.15) is 0 Å². The predicted octanol–water partition coefficient (Wildman–Crippen LogP) is -0.352. The molecule has 0 bridgehead atoms. The number of hydrogen-bond donors (Lipinski definition) is 6. The van der Waals surface area contributed by atoms with E-state index in [1.54, 1.807) is 0 Å². The standard InChI is InChI=1S/2C5H12N2O2.2ClH.2Cu/c2*6-3-1-2-4(7)5(8)9;;;;/h2*4H,1-3,6-7H2,(H,8,9);2*1H;;/q;;;;;+2/p-2/t2*4-;;;;/m00..../s1. The van der Waals surface area contributed by atoms with Crippen molar-refractivity contribution in [3.8, 4) is 0 Å². The minimum absolute atomic E-state index is 0. The van der Waals surface area contributed by atoms with E-state index in [1.165, 1.54) is 0 Å². The molecule has 1 radical (unpaired) electrons. The SMILES string of the molecule is NCCC[C@H](N)C(=O)O.NCCC[C@H](N)C(=O)O.[Cl][Cu][Cl].[Cu]. The van der Waals surface area contributed by atoms with Crippen molar-refractivity contribution in [2.45, 2.75) is 37.8 Å². The molecule has 0 heterocycles. The van der Waals surface area contributed by atoms with Gasteiger partial charge in [0.05, 0.1) is 0 Å².